The van der Waals surface area contributed by atoms with Crippen molar-refractivity contribution in [2.75, 3.05) is 20.1 Å². The number of rotatable bonds is 5. The van der Waals surface area contributed by atoms with Crippen LogP contribution in [0.1, 0.15) is 16.1 Å². The van der Waals surface area contributed by atoms with E-state index in [1.165, 1.54) is 0 Å². The summed E-state index contributed by atoms with van der Waals surface area (Å²) in [6, 6.07) is 13.7. The van der Waals surface area contributed by atoms with Gasteiger partial charge in [-0.15, -0.1) is 0 Å². The molecule has 0 aliphatic heterocycles. The van der Waals surface area contributed by atoms with Crippen LogP contribution in [0.3, 0.4) is 0 Å². The van der Waals surface area contributed by atoms with Crippen LogP contribution in [0.15, 0.2) is 42.5 Å². The van der Waals surface area contributed by atoms with Crippen molar-refractivity contribution in [1.29, 1.82) is 0 Å². The minimum atomic E-state index is -0.0788. The molecule has 1 aromatic heterocycles. The number of hydrogen-bond acceptors (Lipinski definition) is 3. The molecule has 1 aromatic carbocycles. The van der Waals surface area contributed by atoms with Crippen LogP contribution in [-0.2, 0) is 0 Å². The van der Waals surface area contributed by atoms with E-state index in [0.717, 1.165) is 23.5 Å². The van der Waals surface area contributed by atoms with Crippen molar-refractivity contribution in [2.45, 2.75) is 6.92 Å². The number of carbonyl (C=O) groups is 1. The first-order valence-electron chi connectivity index (χ1n) is 6.68. The Balaban J connectivity index is 2.16. The molecule has 2 aromatic rings. The molecule has 0 saturated carbocycles. The van der Waals surface area contributed by atoms with E-state index >= 15 is 0 Å². The van der Waals surface area contributed by atoms with Gasteiger partial charge in [-0.2, -0.15) is 0 Å². The van der Waals surface area contributed by atoms with Gasteiger partial charge < -0.3 is 10.6 Å². The smallest absolute Gasteiger partial charge is 0.253 e. The molecule has 0 bridgehead atoms. The summed E-state index contributed by atoms with van der Waals surface area (Å²) in [5.74, 6) is -0.0788. The number of hydrogen-bond donors (Lipinski definition) is 2. The van der Waals surface area contributed by atoms with E-state index < -0.39 is 0 Å². The Bertz CT molecular complexity index is 582. The van der Waals surface area contributed by atoms with Crippen LogP contribution in [0.5, 0.6) is 0 Å². The highest BCUT2D eigenvalue weighted by molar-refractivity contribution is 5.95. The van der Waals surface area contributed by atoms with Crippen LogP contribution >= 0.6 is 0 Å². The molecular formula is C16H19N3O. The first-order chi connectivity index (χ1) is 9.72. The lowest BCUT2D eigenvalue weighted by molar-refractivity contribution is 0.0953. The molecule has 2 N–H and O–H groups in total. The first-order valence-corrected chi connectivity index (χ1v) is 6.68. The lowest BCUT2D eigenvalue weighted by atomic mass is 10.1. The van der Waals surface area contributed by atoms with E-state index in [2.05, 4.69) is 15.6 Å². The van der Waals surface area contributed by atoms with Crippen molar-refractivity contribution in [3.05, 3.63) is 53.7 Å². The summed E-state index contributed by atoms with van der Waals surface area (Å²) in [4.78, 5) is 16.5. The van der Waals surface area contributed by atoms with Gasteiger partial charge in [0.2, 0.25) is 0 Å². The number of amides is 1. The Morgan fingerprint density at radius 3 is 2.50 bits per heavy atom. The number of aryl methyl sites for hydroxylation is 1. The number of pyridine rings is 1. The second-order valence-electron chi connectivity index (χ2n) is 4.55. The molecular weight excluding hydrogens is 250 g/mol. The molecule has 0 unspecified atom stereocenters. The SMILES string of the molecule is CNCCNC(=O)c1ccc(-c2ccccc2)nc1C. The molecule has 1 amide bonds. The molecule has 0 saturated heterocycles. The van der Waals surface area contributed by atoms with Gasteiger partial charge in [0.15, 0.2) is 0 Å². The van der Waals surface area contributed by atoms with Crippen LogP contribution in [0.25, 0.3) is 11.3 Å². The molecule has 0 radical (unpaired) electrons. The van der Waals surface area contributed by atoms with E-state index in [1.807, 2.05) is 56.4 Å². The lowest BCUT2D eigenvalue weighted by Gasteiger charge is -2.09. The van der Waals surface area contributed by atoms with Crippen molar-refractivity contribution in [3.63, 3.8) is 0 Å². The molecule has 0 spiro atoms. The summed E-state index contributed by atoms with van der Waals surface area (Å²) in [7, 11) is 1.85. The van der Waals surface area contributed by atoms with Crippen molar-refractivity contribution < 1.29 is 4.79 Å². The number of nitrogens with zero attached hydrogens (tertiary/aromatic N) is 1. The highest BCUT2D eigenvalue weighted by Gasteiger charge is 2.10. The maximum atomic E-state index is 12.0. The Morgan fingerprint density at radius 2 is 1.85 bits per heavy atom. The van der Waals surface area contributed by atoms with Crippen molar-refractivity contribution in [1.82, 2.24) is 15.6 Å². The normalized spacial score (nSPS) is 10.3. The Labute approximate surface area is 119 Å². The van der Waals surface area contributed by atoms with Gasteiger partial charge in [0.05, 0.1) is 17.0 Å². The highest BCUT2D eigenvalue weighted by Crippen LogP contribution is 2.18. The molecule has 4 heteroatoms. The second kappa shape index (κ2) is 6.82. The third-order valence-corrected chi connectivity index (χ3v) is 3.06. The van der Waals surface area contributed by atoms with Gasteiger partial charge in [0, 0.05) is 18.7 Å². The second-order valence-corrected chi connectivity index (χ2v) is 4.55. The molecule has 104 valence electrons. The number of aromatic nitrogens is 1. The fourth-order valence-electron chi connectivity index (χ4n) is 1.97. The van der Waals surface area contributed by atoms with Crippen molar-refractivity contribution >= 4 is 5.91 Å². The fourth-order valence-corrected chi connectivity index (χ4v) is 1.97. The third-order valence-electron chi connectivity index (χ3n) is 3.06. The Hall–Kier alpha value is -2.20. The largest absolute Gasteiger partial charge is 0.351 e. The van der Waals surface area contributed by atoms with Crippen LogP contribution in [0.4, 0.5) is 0 Å². The molecule has 0 fully saturated rings. The maximum absolute atomic E-state index is 12.0. The highest BCUT2D eigenvalue weighted by atomic mass is 16.1. The summed E-state index contributed by atoms with van der Waals surface area (Å²) in [6.07, 6.45) is 0. The first kappa shape index (κ1) is 14.2. The van der Waals surface area contributed by atoms with Gasteiger partial charge in [-0.1, -0.05) is 30.3 Å². The molecule has 0 atom stereocenters. The Kier molecular flexibility index (Phi) is 4.85. The van der Waals surface area contributed by atoms with Gasteiger partial charge >= 0.3 is 0 Å². The van der Waals surface area contributed by atoms with Crippen LogP contribution in [0.2, 0.25) is 0 Å². The van der Waals surface area contributed by atoms with E-state index in [0.29, 0.717) is 12.1 Å². The van der Waals surface area contributed by atoms with Crippen LogP contribution < -0.4 is 10.6 Å². The van der Waals surface area contributed by atoms with E-state index in [1.54, 1.807) is 0 Å². The average Bonchev–Trinajstić information content (AvgIpc) is 2.48. The third kappa shape index (κ3) is 3.42. The summed E-state index contributed by atoms with van der Waals surface area (Å²) in [6.45, 7) is 3.22. The fraction of sp³-hybridized carbons (Fsp3) is 0.250. The van der Waals surface area contributed by atoms with Gasteiger partial charge in [0.1, 0.15) is 0 Å². The molecule has 0 aliphatic carbocycles. The standard InChI is InChI=1S/C16H19N3O/c1-12-14(16(20)18-11-10-17-2)8-9-15(19-12)13-6-4-3-5-7-13/h3-9,17H,10-11H2,1-2H3,(H,18,20). The van der Waals surface area contributed by atoms with E-state index in [4.69, 9.17) is 0 Å². The molecule has 4 nitrogen and oxygen atoms in total. The van der Waals surface area contributed by atoms with Gasteiger partial charge in [-0.25, -0.2) is 0 Å². The monoisotopic (exact) mass is 269 g/mol. The van der Waals surface area contributed by atoms with Gasteiger partial charge in [0.25, 0.3) is 5.91 Å². The van der Waals surface area contributed by atoms with Gasteiger partial charge in [-0.3, -0.25) is 9.78 Å². The predicted octanol–water partition coefficient (Wildman–Crippen LogP) is 2.01. The van der Waals surface area contributed by atoms with Gasteiger partial charge in [-0.05, 0) is 26.1 Å². The zero-order chi connectivity index (χ0) is 14.4. The molecule has 2 rings (SSSR count). The van der Waals surface area contributed by atoms with Crippen LogP contribution in [0, 0.1) is 6.92 Å². The molecule has 20 heavy (non-hydrogen) atoms. The van der Waals surface area contributed by atoms with Crippen molar-refractivity contribution in [3.8, 4) is 11.3 Å². The topological polar surface area (TPSA) is 54.0 Å². The minimum absolute atomic E-state index is 0.0788. The molecule has 1 heterocycles. The summed E-state index contributed by atoms with van der Waals surface area (Å²) < 4.78 is 0. The number of likely N-dealkylation sites (N-methyl/N-ethyl adjacent to an activating group) is 1. The quantitative estimate of drug-likeness (QED) is 0.816. The average molecular weight is 269 g/mol. The summed E-state index contributed by atoms with van der Waals surface area (Å²) in [5, 5.41) is 5.85. The zero-order valence-electron chi connectivity index (χ0n) is 11.8. The number of benzene rings is 1. The zero-order valence-corrected chi connectivity index (χ0v) is 11.8. The number of carbonyl (C=O) groups excluding carboxylic acids is 1. The summed E-state index contributed by atoms with van der Waals surface area (Å²) in [5.41, 5.74) is 3.31. The molecule has 0 aliphatic rings. The maximum Gasteiger partial charge on any atom is 0.253 e. The van der Waals surface area contributed by atoms with Crippen molar-refractivity contribution in [2.24, 2.45) is 0 Å². The summed E-state index contributed by atoms with van der Waals surface area (Å²) >= 11 is 0. The van der Waals surface area contributed by atoms with E-state index in [-0.39, 0.29) is 5.91 Å². The minimum Gasteiger partial charge on any atom is -0.351 e. The number of nitrogens with one attached hydrogen (secondary N) is 2. The lowest BCUT2D eigenvalue weighted by Crippen LogP contribution is -2.31. The predicted molar refractivity (Wildman–Crippen MR) is 80.7 cm³/mol. The Morgan fingerprint density at radius 1 is 1.10 bits per heavy atom. The van der Waals surface area contributed by atoms with E-state index in [9.17, 15) is 4.79 Å². The van der Waals surface area contributed by atoms with Crippen LogP contribution in [-0.4, -0.2) is 31.0 Å².